The fourth-order valence-electron chi connectivity index (χ4n) is 2.09. The Bertz CT molecular complexity index is 693. The Morgan fingerprint density at radius 1 is 1.19 bits per heavy atom. The first-order chi connectivity index (χ1) is 11.5. The lowest BCUT2D eigenvalue weighted by Crippen LogP contribution is -2.28. The van der Waals surface area contributed by atoms with Gasteiger partial charge in [-0.2, -0.15) is 0 Å². The van der Waals surface area contributed by atoms with Crippen molar-refractivity contribution in [3.63, 3.8) is 0 Å². The van der Waals surface area contributed by atoms with Gasteiger partial charge in [0.25, 0.3) is 0 Å². The number of nitrogens with one attached hydrogen (secondary N) is 1. The number of amides is 1. The van der Waals surface area contributed by atoms with Gasteiger partial charge in [0.2, 0.25) is 11.8 Å². The number of aryl methyl sites for hydroxylation is 2. The SMILES string of the molecule is COC(CN)CC(=O)Nc1ccc(Oc2ccc(C)c(C)c2)nc1.Cl.Cl. The molecule has 3 N–H and O–H groups in total. The van der Waals surface area contributed by atoms with Crippen LogP contribution in [0.2, 0.25) is 0 Å². The molecule has 1 atom stereocenters. The lowest BCUT2D eigenvalue weighted by Gasteiger charge is -2.12. The van der Waals surface area contributed by atoms with Crippen molar-refractivity contribution in [1.29, 1.82) is 0 Å². The maximum Gasteiger partial charge on any atom is 0.227 e. The number of benzene rings is 1. The first-order valence-corrected chi connectivity index (χ1v) is 7.75. The molecule has 0 aliphatic rings. The van der Waals surface area contributed by atoms with E-state index in [1.165, 1.54) is 12.7 Å². The summed E-state index contributed by atoms with van der Waals surface area (Å²) in [5.74, 6) is 1.03. The van der Waals surface area contributed by atoms with E-state index in [0.717, 1.165) is 11.3 Å². The lowest BCUT2D eigenvalue weighted by atomic mass is 10.1. The molecule has 6 nitrogen and oxygen atoms in total. The van der Waals surface area contributed by atoms with Crippen molar-refractivity contribution in [2.24, 2.45) is 5.73 Å². The van der Waals surface area contributed by atoms with Crippen LogP contribution >= 0.6 is 24.8 Å². The molecule has 1 unspecified atom stereocenters. The average molecular weight is 402 g/mol. The molecule has 2 aromatic rings. The zero-order valence-electron chi connectivity index (χ0n) is 15.0. The third-order valence-corrected chi connectivity index (χ3v) is 3.73. The zero-order valence-corrected chi connectivity index (χ0v) is 16.7. The Balaban J connectivity index is 0.00000312. The van der Waals surface area contributed by atoms with Crippen LogP contribution in [0.25, 0.3) is 0 Å². The number of rotatable bonds is 7. The van der Waals surface area contributed by atoms with E-state index in [9.17, 15) is 4.79 Å². The largest absolute Gasteiger partial charge is 0.439 e. The van der Waals surface area contributed by atoms with E-state index in [1.807, 2.05) is 32.0 Å². The van der Waals surface area contributed by atoms with Crippen LogP contribution in [0.3, 0.4) is 0 Å². The molecule has 0 fully saturated rings. The van der Waals surface area contributed by atoms with Gasteiger partial charge in [-0.3, -0.25) is 4.79 Å². The molecule has 8 heteroatoms. The highest BCUT2D eigenvalue weighted by Gasteiger charge is 2.11. The molecule has 0 aliphatic carbocycles. The van der Waals surface area contributed by atoms with Crippen LogP contribution in [0.15, 0.2) is 36.5 Å². The van der Waals surface area contributed by atoms with Gasteiger partial charge in [0, 0.05) is 19.7 Å². The number of methoxy groups -OCH3 is 1. The van der Waals surface area contributed by atoms with Crippen LogP contribution in [0.1, 0.15) is 17.5 Å². The van der Waals surface area contributed by atoms with E-state index in [4.69, 9.17) is 15.2 Å². The van der Waals surface area contributed by atoms with E-state index < -0.39 is 0 Å². The minimum absolute atomic E-state index is 0. The Morgan fingerprint density at radius 2 is 1.92 bits per heavy atom. The van der Waals surface area contributed by atoms with E-state index in [0.29, 0.717) is 18.1 Å². The van der Waals surface area contributed by atoms with E-state index in [-0.39, 0.29) is 43.2 Å². The van der Waals surface area contributed by atoms with Crippen LogP contribution in [0.4, 0.5) is 5.69 Å². The lowest BCUT2D eigenvalue weighted by molar-refractivity contribution is -0.118. The molecule has 0 saturated heterocycles. The molecule has 26 heavy (non-hydrogen) atoms. The number of halogens is 2. The monoisotopic (exact) mass is 401 g/mol. The van der Waals surface area contributed by atoms with Gasteiger partial charge >= 0.3 is 0 Å². The summed E-state index contributed by atoms with van der Waals surface area (Å²) in [6, 6.07) is 9.32. The number of hydrogen-bond acceptors (Lipinski definition) is 5. The minimum atomic E-state index is -0.287. The second-order valence-corrected chi connectivity index (χ2v) is 5.58. The summed E-state index contributed by atoms with van der Waals surface area (Å²) in [5.41, 5.74) is 8.47. The predicted molar refractivity (Wildman–Crippen MR) is 108 cm³/mol. The standard InChI is InChI=1S/C18H23N3O3.2ClH/c1-12-4-6-15(8-13(12)2)24-18-7-5-14(11-20-18)21-17(22)9-16(10-19)23-3;;/h4-8,11,16H,9-10,19H2,1-3H3,(H,21,22);2*1H. The van der Waals surface area contributed by atoms with Crippen molar-refractivity contribution in [3.8, 4) is 11.6 Å². The number of ether oxygens (including phenoxy) is 2. The van der Waals surface area contributed by atoms with Crippen LogP contribution in [-0.2, 0) is 9.53 Å². The van der Waals surface area contributed by atoms with Gasteiger partial charge in [-0.05, 0) is 43.2 Å². The highest BCUT2D eigenvalue weighted by molar-refractivity contribution is 5.90. The van der Waals surface area contributed by atoms with Crippen molar-refractivity contribution in [2.75, 3.05) is 19.0 Å². The smallest absolute Gasteiger partial charge is 0.227 e. The Hall–Kier alpha value is -1.86. The maximum absolute atomic E-state index is 11.9. The highest BCUT2D eigenvalue weighted by atomic mass is 35.5. The van der Waals surface area contributed by atoms with Crippen molar-refractivity contribution >= 4 is 36.4 Å². The van der Waals surface area contributed by atoms with Gasteiger partial charge in [-0.15, -0.1) is 24.8 Å². The predicted octanol–water partition coefficient (Wildman–Crippen LogP) is 3.64. The first kappa shape index (κ1) is 24.1. The fraction of sp³-hybridized carbons (Fsp3) is 0.333. The molecule has 0 spiro atoms. The number of hydrogen-bond donors (Lipinski definition) is 2. The number of carbonyl (C=O) groups excluding carboxylic acids is 1. The Labute approximate surface area is 166 Å². The number of nitrogens with zero attached hydrogens (tertiary/aromatic N) is 1. The van der Waals surface area contributed by atoms with E-state index in [2.05, 4.69) is 10.3 Å². The van der Waals surface area contributed by atoms with Crippen LogP contribution < -0.4 is 15.8 Å². The van der Waals surface area contributed by atoms with E-state index >= 15 is 0 Å². The second kappa shape index (κ2) is 11.7. The van der Waals surface area contributed by atoms with Gasteiger partial charge in [0.15, 0.2) is 0 Å². The Kier molecular flexibility index (Phi) is 10.9. The summed E-state index contributed by atoms with van der Waals surface area (Å²) < 4.78 is 10.8. The molecule has 0 saturated carbocycles. The Morgan fingerprint density at radius 3 is 2.46 bits per heavy atom. The number of aromatic nitrogens is 1. The molecule has 0 bridgehead atoms. The first-order valence-electron chi connectivity index (χ1n) is 7.75. The molecule has 1 heterocycles. The summed E-state index contributed by atoms with van der Waals surface area (Å²) >= 11 is 0. The van der Waals surface area contributed by atoms with Gasteiger partial charge in [-0.1, -0.05) is 6.07 Å². The van der Waals surface area contributed by atoms with Crippen molar-refractivity contribution in [3.05, 3.63) is 47.7 Å². The van der Waals surface area contributed by atoms with Crippen molar-refractivity contribution < 1.29 is 14.3 Å². The average Bonchev–Trinajstić information content (AvgIpc) is 2.58. The summed E-state index contributed by atoms with van der Waals surface area (Å²) in [4.78, 5) is 16.1. The number of carbonyl (C=O) groups is 1. The second-order valence-electron chi connectivity index (χ2n) is 5.58. The van der Waals surface area contributed by atoms with Gasteiger partial charge < -0.3 is 20.5 Å². The molecular formula is C18H25Cl2N3O3. The maximum atomic E-state index is 11.9. The summed E-state index contributed by atoms with van der Waals surface area (Å²) in [6.07, 6.45) is 1.47. The fourth-order valence-corrected chi connectivity index (χ4v) is 2.09. The molecular weight excluding hydrogens is 377 g/mol. The number of nitrogens with two attached hydrogens (primary N) is 1. The third kappa shape index (κ3) is 7.17. The summed E-state index contributed by atoms with van der Waals surface area (Å²) in [7, 11) is 1.53. The third-order valence-electron chi connectivity index (χ3n) is 3.73. The molecule has 144 valence electrons. The zero-order chi connectivity index (χ0) is 17.5. The molecule has 1 aromatic heterocycles. The van der Waals surface area contributed by atoms with Gasteiger partial charge in [0.05, 0.1) is 24.4 Å². The van der Waals surface area contributed by atoms with Crippen LogP contribution in [-0.4, -0.2) is 30.6 Å². The molecule has 0 aliphatic heterocycles. The topological polar surface area (TPSA) is 86.5 Å². The van der Waals surface area contributed by atoms with Gasteiger partial charge in [0.1, 0.15) is 5.75 Å². The van der Waals surface area contributed by atoms with Gasteiger partial charge in [-0.25, -0.2) is 4.98 Å². The molecule has 1 amide bonds. The summed E-state index contributed by atoms with van der Waals surface area (Å²) in [5, 5.41) is 2.76. The highest BCUT2D eigenvalue weighted by Crippen LogP contribution is 2.23. The van der Waals surface area contributed by atoms with Crippen molar-refractivity contribution in [1.82, 2.24) is 4.98 Å². The van der Waals surface area contributed by atoms with Crippen LogP contribution in [0, 0.1) is 13.8 Å². The summed E-state index contributed by atoms with van der Waals surface area (Å²) in [6.45, 7) is 4.38. The van der Waals surface area contributed by atoms with Crippen molar-refractivity contribution in [2.45, 2.75) is 26.4 Å². The molecule has 2 rings (SSSR count). The number of pyridine rings is 1. The van der Waals surface area contributed by atoms with Crippen LogP contribution in [0.5, 0.6) is 11.6 Å². The van der Waals surface area contributed by atoms with E-state index in [1.54, 1.807) is 18.3 Å². The molecule has 0 radical (unpaired) electrons. The molecule has 1 aromatic carbocycles. The number of anilines is 1. The normalized spacial score (nSPS) is 10.9. The quantitative estimate of drug-likeness (QED) is 0.739. The minimum Gasteiger partial charge on any atom is -0.439 e.